The van der Waals surface area contributed by atoms with Crippen LogP contribution in [0.5, 0.6) is 0 Å². The largest absolute Gasteiger partial charge is 0.389 e. The Morgan fingerprint density at radius 2 is 2.46 bits per heavy atom. The van der Waals surface area contributed by atoms with Crippen molar-refractivity contribution in [3.63, 3.8) is 0 Å². The van der Waals surface area contributed by atoms with Crippen LogP contribution in [0.25, 0.3) is 0 Å². The number of carbonyl (C=O) groups excluding carboxylic acids is 1. The van der Waals surface area contributed by atoms with Gasteiger partial charge in [0.2, 0.25) is 5.91 Å². The zero-order valence-electron chi connectivity index (χ0n) is 7.12. The normalized spacial score (nSPS) is 9.85. The van der Waals surface area contributed by atoms with E-state index < -0.39 is 0 Å². The molecule has 0 unspecified atom stereocenters. The lowest BCUT2D eigenvalue weighted by atomic mass is 10.3. The minimum absolute atomic E-state index is 0.277. The van der Waals surface area contributed by atoms with Crippen molar-refractivity contribution in [1.82, 2.24) is 4.98 Å². The third-order valence-corrected chi connectivity index (χ3v) is 2.18. The summed E-state index contributed by atoms with van der Waals surface area (Å²) in [6.45, 7) is 0.690. The van der Waals surface area contributed by atoms with Gasteiger partial charge in [0.25, 0.3) is 0 Å². The molecule has 72 valence electrons. The molecule has 5 N–H and O–H groups in total. The van der Waals surface area contributed by atoms with Crippen LogP contribution in [0.15, 0.2) is 6.20 Å². The molecule has 1 heterocycles. The third-order valence-electron chi connectivity index (χ3n) is 1.40. The summed E-state index contributed by atoms with van der Waals surface area (Å²) in [6, 6.07) is 0. The van der Waals surface area contributed by atoms with Gasteiger partial charge in [-0.1, -0.05) is 11.3 Å². The van der Waals surface area contributed by atoms with Crippen molar-refractivity contribution in [2.24, 2.45) is 5.73 Å². The summed E-state index contributed by atoms with van der Waals surface area (Å²) in [6.07, 6.45) is 2.71. The van der Waals surface area contributed by atoms with Gasteiger partial charge < -0.3 is 16.8 Å². The molecule has 1 aromatic rings. The first-order chi connectivity index (χ1) is 6.18. The summed E-state index contributed by atoms with van der Waals surface area (Å²) in [5, 5.41) is 4.50. The van der Waals surface area contributed by atoms with Crippen LogP contribution in [-0.4, -0.2) is 17.4 Å². The van der Waals surface area contributed by atoms with Gasteiger partial charge in [-0.05, 0) is 6.42 Å². The second kappa shape index (κ2) is 4.66. The molecule has 5 nitrogen and oxygen atoms in total. The van der Waals surface area contributed by atoms with Gasteiger partial charge in [-0.25, -0.2) is 4.98 Å². The predicted octanol–water partition coefficient (Wildman–Crippen LogP) is 0.403. The van der Waals surface area contributed by atoms with Gasteiger partial charge in [0.15, 0.2) is 5.13 Å². The lowest BCUT2D eigenvalue weighted by Crippen LogP contribution is -2.12. The van der Waals surface area contributed by atoms with E-state index in [4.69, 9.17) is 11.5 Å². The quantitative estimate of drug-likeness (QED) is 0.600. The minimum atomic E-state index is -0.277. The first-order valence-corrected chi connectivity index (χ1v) is 4.73. The van der Waals surface area contributed by atoms with Gasteiger partial charge in [0.05, 0.1) is 6.20 Å². The molecule has 0 spiro atoms. The lowest BCUT2D eigenvalue weighted by molar-refractivity contribution is -0.118. The molecule has 1 rings (SSSR count). The highest BCUT2D eigenvalue weighted by molar-refractivity contribution is 7.19. The van der Waals surface area contributed by atoms with Crippen LogP contribution in [-0.2, 0) is 4.79 Å². The van der Waals surface area contributed by atoms with Gasteiger partial charge in [-0.15, -0.1) is 0 Å². The Bertz CT molecular complexity index is 286. The predicted molar refractivity (Wildman–Crippen MR) is 53.4 cm³/mol. The zero-order chi connectivity index (χ0) is 9.68. The fraction of sp³-hybridized carbons (Fsp3) is 0.429. The topological polar surface area (TPSA) is 94.0 Å². The van der Waals surface area contributed by atoms with Crippen molar-refractivity contribution >= 4 is 27.4 Å². The number of carbonyl (C=O) groups is 1. The van der Waals surface area contributed by atoms with E-state index >= 15 is 0 Å². The SMILES string of the molecule is NC(=O)CCCNc1ncc(N)s1. The van der Waals surface area contributed by atoms with Crippen LogP contribution in [0.4, 0.5) is 10.1 Å². The van der Waals surface area contributed by atoms with Crippen LogP contribution in [0.3, 0.4) is 0 Å². The Kier molecular flexibility index (Phi) is 3.51. The first-order valence-electron chi connectivity index (χ1n) is 3.92. The second-order valence-corrected chi connectivity index (χ2v) is 3.63. The van der Waals surface area contributed by atoms with Crippen molar-refractivity contribution in [2.75, 3.05) is 17.6 Å². The molecule has 0 aliphatic carbocycles. The molecule has 0 fully saturated rings. The highest BCUT2D eigenvalue weighted by Crippen LogP contribution is 2.19. The van der Waals surface area contributed by atoms with Gasteiger partial charge in [0, 0.05) is 13.0 Å². The number of primary amides is 1. The van der Waals surface area contributed by atoms with Crippen molar-refractivity contribution < 1.29 is 4.79 Å². The standard InChI is InChI=1S/C7H12N4OS/c8-5(12)2-1-3-10-7-11-4-6(9)13-7/h4H,1-3,9H2,(H2,8,12)(H,10,11). The van der Waals surface area contributed by atoms with E-state index in [0.29, 0.717) is 18.0 Å². The fourth-order valence-electron chi connectivity index (χ4n) is 0.826. The molecular weight excluding hydrogens is 188 g/mol. The molecule has 0 aliphatic heterocycles. The van der Waals surface area contributed by atoms with Crippen LogP contribution in [0, 0.1) is 0 Å². The van der Waals surface area contributed by atoms with Crippen molar-refractivity contribution in [3.8, 4) is 0 Å². The number of hydrogen-bond donors (Lipinski definition) is 3. The number of aromatic nitrogens is 1. The molecule has 0 aromatic carbocycles. The Morgan fingerprint density at radius 1 is 1.69 bits per heavy atom. The summed E-state index contributed by atoms with van der Waals surface area (Å²) >= 11 is 1.39. The van der Waals surface area contributed by atoms with Crippen molar-refractivity contribution in [3.05, 3.63) is 6.20 Å². The summed E-state index contributed by atoms with van der Waals surface area (Å²) in [5.41, 5.74) is 10.4. The maximum Gasteiger partial charge on any atom is 0.217 e. The maximum absolute atomic E-state index is 10.4. The molecule has 0 radical (unpaired) electrons. The average molecular weight is 200 g/mol. The monoisotopic (exact) mass is 200 g/mol. The maximum atomic E-state index is 10.4. The summed E-state index contributed by atoms with van der Waals surface area (Å²) in [5.74, 6) is -0.277. The van der Waals surface area contributed by atoms with Crippen molar-refractivity contribution in [2.45, 2.75) is 12.8 Å². The highest BCUT2D eigenvalue weighted by Gasteiger charge is 1.98. The number of rotatable bonds is 5. The smallest absolute Gasteiger partial charge is 0.217 e. The van der Waals surface area contributed by atoms with Crippen LogP contribution in [0.1, 0.15) is 12.8 Å². The average Bonchev–Trinajstić information content (AvgIpc) is 2.45. The Morgan fingerprint density at radius 3 is 3.00 bits per heavy atom. The van der Waals surface area contributed by atoms with Crippen LogP contribution < -0.4 is 16.8 Å². The summed E-state index contributed by atoms with van der Waals surface area (Å²) in [4.78, 5) is 14.4. The fourth-order valence-corrected chi connectivity index (χ4v) is 1.43. The number of hydrogen-bond acceptors (Lipinski definition) is 5. The number of nitrogens with zero attached hydrogens (tertiary/aromatic N) is 1. The molecule has 0 saturated carbocycles. The summed E-state index contributed by atoms with van der Waals surface area (Å²) < 4.78 is 0. The van der Waals surface area contributed by atoms with E-state index in [2.05, 4.69) is 10.3 Å². The molecule has 0 saturated heterocycles. The van der Waals surface area contributed by atoms with E-state index in [0.717, 1.165) is 11.6 Å². The number of amides is 1. The minimum Gasteiger partial charge on any atom is -0.389 e. The number of nitrogen functional groups attached to an aromatic ring is 1. The molecule has 13 heavy (non-hydrogen) atoms. The molecule has 6 heteroatoms. The number of anilines is 2. The number of nitrogens with two attached hydrogens (primary N) is 2. The third kappa shape index (κ3) is 3.75. The molecule has 0 atom stereocenters. The Labute approximate surface area is 80.1 Å². The van der Waals surface area contributed by atoms with E-state index in [1.807, 2.05) is 0 Å². The van der Waals surface area contributed by atoms with Crippen LogP contribution in [0.2, 0.25) is 0 Å². The first kappa shape index (κ1) is 9.79. The number of nitrogens with one attached hydrogen (secondary N) is 1. The lowest BCUT2D eigenvalue weighted by Gasteiger charge is -1.99. The highest BCUT2D eigenvalue weighted by atomic mass is 32.1. The van der Waals surface area contributed by atoms with E-state index in [1.54, 1.807) is 6.20 Å². The van der Waals surface area contributed by atoms with Gasteiger partial charge in [-0.3, -0.25) is 4.79 Å². The van der Waals surface area contributed by atoms with E-state index in [9.17, 15) is 4.79 Å². The van der Waals surface area contributed by atoms with Gasteiger partial charge in [-0.2, -0.15) is 0 Å². The molecular formula is C7H12N4OS. The second-order valence-electron chi connectivity index (χ2n) is 2.56. The molecule has 1 aromatic heterocycles. The van der Waals surface area contributed by atoms with Crippen LogP contribution >= 0.6 is 11.3 Å². The molecule has 0 bridgehead atoms. The molecule has 0 aliphatic rings. The van der Waals surface area contributed by atoms with Crippen molar-refractivity contribution in [1.29, 1.82) is 0 Å². The van der Waals surface area contributed by atoms with E-state index in [-0.39, 0.29) is 5.91 Å². The Balaban J connectivity index is 2.16. The Hall–Kier alpha value is -1.30. The van der Waals surface area contributed by atoms with Gasteiger partial charge >= 0.3 is 0 Å². The zero-order valence-corrected chi connectivity index (χ0v) is 7.93. The van der Waals surface area contributed by atoms with E-state index in [1.165, 1.54) is 11.3 Å². The summed E-state index contributed by atoms with van der Waals surface area (Å²) in [7, 11) is 0. The van der Waals surface area contributed by atoms with Gasteiger partial charge in [0.1, 0.15) is 5.00 Å². The molecule has 1 amide bonds. The number of thiazole rings is 1.